The Morgan fingerprint density at radius 3 is 2.57 bits per heavy atom. The molecule has 44 heavy (non-hydrogen) atoms. The molecule has 1 saturated heterocycles. The third kappa shape index (κ3) is 8.09. The standard InChI is InChI=1S/C28H31F2N3O10.ClH/c1-16-13-40-22-12-32-11-19(21(34)7-5-17-4-6-18(29)10-20(17)30)25(36)26(24(32)27(37)33(16)22)42-15-43-28(38)41-14-23(35)39-9-8-31(2)3;/h4,6,10-11,16,22H,5,7-9,12-15H2,1-3H3;1H/t16-,22+;/m0./s1. The molecule has 0 bridgehead atoms. The van der Waals surface area contributed by atoms with E-state index in [1.54, 1.807) is 25.9 Å². The number of ether oxygens (including phenoxy) is 5. The number of hydrogen-bond acceptors (Lipinski definition) is 11. The van der Waals surface area contributed by atoms with Gasteiger partial charge in [0.05, 0.1) is 24.8 Å². The van der Waals surface area contributed by atoms with Crippen LogP contribution in [-0.2, 0) is 36.7 Å². The lowest BCUT2D eigenvalue weighted by molar-refractivity contribution is -0.148. The van der Waals surface area contributed by atoms with E-state index in [-0.39, 0.29) is 67.9 Å². The van der Waals surface area contributed by atoms with Crippen molar-refractivity contribution in [1.29, 1.82) is 0 Å². The second-order valence-electron chi connectivity index (χ2n) is 10.2. The topological polar surface area (TPSA) is 143 Å². The number of aromatic nitrogens is 1. The molecule has 0 spiro atoms. The maximum Gasteiger partial charge on any atom is 0.511 e. The van der Waals surface area contributed by atoms with E-state index in [1.807, 2.05) is 0 Å². The molecule has 4 rings (SSSR count). The molecule has 2 atom stereocenters. The molecule has 0 N–H and O–H groups in total. The van der Waals surface area contributed by atoms with Gasteiger partial charge in [-0.2, -0.15) is 0 Å². The fourth-order valence-corrected chi connectivity index (χ4v) is 4.58. The van der Waals surface area contributed by atoms with E-state index in [9.17, 15) is 32.8 Å². The summed E-state index contributed by atoms with van der Waals surface area (Å²) in [5, 5.41) is 0. The van der Waals surface area contributed by atoms with Gasteiger partial charge in [0.15, 0.2) is 24.3 Å². The first kappa shape index (κ1) is 34.4. The van der Waals surface area contributed by atoms with E-state index in [1.165, 1.54) is 21.7 Å². The Hall–Kier alpha value is -4.08. The van der Waals surface area contributed by atoms with Gasteiger partial charge in [-0.25, -0.2) is 18.4 Å². The van der Waals surface area contributed by atoms with Crippen LogP contribution in [0, 0.1) is 11.6 Å². The Balaban J connectivity index is 0.00000529. The summed E-state index contributed by atoms with van der Waals surface area (Å²) in [4.78, 5) is 66.9. The summed E-state index contributed by atoms with van der Waals surface area (Å²) < 4.78 is 54.2. The number of fused-ring (bicyclic) bond motifs is 2. The zero-order valence-corrected chi connectivity index (χ0v) is 25.0. The van der Waals surface area contributed by atoms with Crippen LogP contribution < -0.4 is 10.2 Å². The van der Waals surface area contributed by atoms with Crippen molar-refractivity contribution in [2.75, 3.05) is 47.3 Å². The molecule has 0 aliphatic carbocycles. The van der Waals surface area contributed by atoms with Gasteiger partial charge in [-0.15, -0.1) is 12.4 Å². The number of pyridine rings is 1. The minimum absolute atomic E-state index is 0. The van der Waals surface area contributed by atoms with E-state index in [2.05, 4.69) is 4.74 Å². The lowest BCUT2D eigenvalue weighted by atomic mass is 10.0. The van der Waals surface area contributed by atoms with Crippen LogP contribution in [0.5, 0.6) is 5.75 Å². The summed E-state index contributed by atoms with van der Waals surface area (Å²) in [6.07, 6.45) is -1.16. The largest absolute Gasteiger partial charge is 0.511 e. The van der Waals surface area contributed by atoms with Gasteiger partial charge in [-0.05, 0) is 39.1 Å². The van der Waals surface area contributed by atoms with Crippen LogP contribution in [-0.4, -0.2) is 97.7 Å². The first-order valence-corrected chi connectivity index (χ1v) is 13.4. The molecule has 2 aromatic rings. The maximum atomic E-state index is 14.1. The van der Waals surface area contributed by atoms with Crippen molar-refractivity contribution in [2.45, 2.75) is 38.6 Å². The molecular weight excluding hydrogens is 612 g/mol. The van der Waals surface area contributed by atoms with Crippen molar-refractivity contribution < 1.29 is 51.6 Å². The molecule has 3 heterocycles. The third-order valence-electron chi connectivity index (χ3n) is 6.77. The SMILES string of the molecule is C[C@H]1CO[C@@H]2Cn3cc(C(=O)CCc4ccc(F)cc4F)c(=O)c(OCOC(=O)OCC(=O)OCCN(C)C)c3C(=O)N12.Cl. The summed E-state index contributed by atoms with van der Waals surface area (Å²) in [6, 6.07) is 2.66. The molecule has 1 amide bonds. The van der Waals surface area contributed by atoms with Gasteiger partial charge >= 0.3 is 12.1 Å². The fraction of sp³-hybridized carbons (Fsp3) is 0.464. The van der Waals surface area contributed by atoms with Gasteiger partial charge in [0.2, 0.25) is 18.0 Å². The Bertz CT molecular complexity index is 1470. The first-order valence-electron chi connectivity index (χ1n) is 13.4. The molecule has 16 heteroatoms. The first-order chi connectivity index (χ1) is 20.5. The molecule has 240 valence electrons. The summed E-state index contributed by atoms with van der Waals surface area (Å²) in [7, 11) is 3.58. The predicted molar refractivity (Wildman–Crippen MR) is 150 cm³/mol. The number of ketones is 1. The fourth-order valence-electron chi connectivity index (χ4n) is 4.58. The average molecular weight is 644 g/mol. The number of aryl methyl sites for hydroxylation is 1. The van der Waals surface area contributed by atoms with Crippen LogP contribution in [0.25, 0.3) is 0 Å². The van der Waals surface area contributed by atoms with Crippen LogP contribution in [0.1, 0.15) is 39.8 Å². The van der Waals surface area contributed by atoms with Gasteiger partial charge in [0.25, 0.3) is 5.91 Å². The maximum absolute atomic E-state index is 14.1. The number of rotatable bonds is 12. The highest BCUT2D eigenvalue weighted by Crippen LogP contribution is 2.30. The molecule has 2 aliphatic rings. The zero-order chi connectivity index (χ0) is 31.3. The quantitative estimate of drug-likeness (QED) is 0.191. The number of amides is 1. The molecule has 2 aliphatic heterocycles. The van der Waals surface area contributed by atoms with Crippen molar-refractivity contribution in [3.8, 4) is 5.75 Å². The smallest absolute Gasteiger partial charge is 0.462 e. The van der Waals surface area contributed by atoms with Gasteiger partial charge < -0.3 is 38.1 Å². The molecule has 0 unspecified atom stereocenters. The highest BCUT2D eigenvalue weighted by Gasteiger charge is 2.43. The van der Waals surface area contributed by atoms with Crippen LogP contribution in [0.3, 0.4) is 0 Å². The number of Topliss-reactive ketones (excluding diaryl/α,β-unsaturated/α-hetero) is 1. The van der Waals surface area contributed by atoms with E-state index in [4.69, 9.17) is 18.9 Å². The Labute approximate surface area is 256 Å². The summed E-state index contributed by atoms with van der Waals surface area (Å²) in [5.41, 5.74) is -1.40. The van der Waals surface area contributed by atoms with E-state index in [0.29, 0.717) is 12.6 Å². The number of halogens is 3. The highest BCUT2D eigenvalue weighted by molar-refractivity contribution is 6.00. The third-order valence-corrected chi connectivity index (χ3v) is 6.77. The van der Waals surface area contributed by atoms with Gasteiger partial charge in [0.1, 0.15) is 18.2 Å². The van der Waals surface area contributed by atoms with E-state index in [0.717, 1.165) is 6.07 Å². The normalized spacial score (nSPS) is 17.0. The lowest BCUT2D eigenvalue weighted by Gasteiger charge is -2.34. The Kier molecular flexibility index (Phi) is 11.8. The summed E-state index contributed by atoms with van der Waals surface area (Å²) in [5.74, 6) is -4.22. The molecule has 1 aromatic heterocycles. The molecule has 13 nitrogen and oxygen atoms in total. The Morgan fingerprint density at radius 2 is 1.86 bits per heavy atom. The second-order valence-corrected chi connectivity index (χ2v) is 10.2. The number of benzene rings is 1. The number of esters is 1. The lowest BCUT2D eigenvalue weighted by Crippen LogP contribution is -2.49. The van der Waals surface area contributed by atoms with Crippen molar-refractivity contribution in [3.63, 3.8) is 0 Å². The number of hydrogen-bond donors (Lipinski definition) is 0. The van der Waals surface area contributed by atoms with Crippen LogP contribution in [0.15, 0.2) is 29.2 Å². The molecule has 1 aromatic carbocycles. The molecule has 0 saturated carbocycles. The average Bonchev–Trinajstić information content (AvgIpc) is 3.32. The van der Waals surface area contributed by atoms with Crippen molar-refractivity contribution >= 4 is 36.2 Å². The van der Waals surface area contributed by atoms with Gasteiger partial charge in [0, 0.05) is 25.2 Å². The number of likely N-dealkylation sites (N-methyl/N-ethyl adjacent to an activating group) is 1. The minimum Gasteiger partial charge on any atom is -0.462 e. The molecular formula is C28H32ClF2N3O10. The molecule has 0 radical (unpaired) electrons. The van der Waals surface area contributed by atoms with Crippen LogP contribution in [0.2, 0.25) is 0 Å². The van der Waals surface area contributed by atoms with Crippen molar-refractivity contribution in [2.24, 2.45) is 0 Å². The monoisotopic (exact) mass is 643 g/mol. The Morgan fingerprint density at radius 1 is 1.11 bits per heavy atom. The van der Waals surface area contributed by atoms with Gasteiger partial charge in [-0.3, -0.25) is 14.4 Å². The predicted octanol–water partition coefficient (Wildman–Crippen LogP) is 2.16. The minimum atomic E-state index is -1.31. The number of carbonyl (C=O) groups excluding carboxylic acids is 4. The highest BCUT2D eigenvalue weighted by atomic mass is 35.5. The van der Waals surface area contributed by atoms with E-state index >= 15 is 0 Å². The van der Waals surface area contributed by atoms with Crippen molar-refractivity contribution in [3.05, 3.63) is 63.1 Å². The molecule has 1 fully saturated rings. The summed E-state index contributed by atoms with van der Waals surface area (Å²) in [6.45, 7) is 1.04. The van der Waals surface area contributed by atoms with Crippen LogP contribution in [0.4, 0.5) is 13.6 Å². The number of carbonyl (C=O) groups is 4. The number of nitrogens with zero attached hydrogens (tertiary/aromatic N) is 3. The van der Waals surface area contributed by atoms with E-state index < -0.39 is 66.3 Å². The van der Waals surface area contributed by atoms with Crippen molar-refractivity contribution in [1.82, 2.24) is 14.4 Å². The van der Waals surface area contributed by atoms with Crippen LogP contribution >= 0.6 is 12.4 Å². The zero-order valence-electron chi connectivity index (χ0n) is 24.2. The van der Waals surface area contributed by atoms with Gasteiger partial charge in [-0.1, -0.05) is 6.07 Å². The second kappa shape index (κ2) is 15.1. The summed E-state index contributed by atoms with van der Waals surface area (Å²) >= 11 is 0.